The van der Waals surface area contributed by atoms with E-state index in [1.807, 2.05) is 12.1 Å². The van der Waals surface area contributed by atoms with Gasteiger partial charge in [-0.05, 0) is 23.6 Å². The second-order valence-electron chi connectivity index (χ2n) is 2.98. The SMILES string of the molecule is CCCC([Si])c1cccc(Cl)c1Cl. The van der Waals surface area contributed by atoms with E-state index in [-0.39, 0.29) is 0 Å². The van der Waals surface area contributed by atoms with Gasteiger partial charge in [0.15, 0.2) is 0 Å². The van der Waals surface area contributed by atoms with Gasteiger partial charge in [-0.15, -0.1) is 0 Å². The topological polar surface area (TPSA) is 0 Å². The predicted octanol–water partition coefficient (Wildman–Crippen LogP) is 4.00. The second kappa shape index (κ2) is 5.04. The van der Waals surface area contributed by atoms with Crippen LogP contribution in [-0.2, 0) is 0 Å². The number of hydrogen-bond donors (Lipinski definition) is 0. The zero-order valence-corrected chi connectivity index (χ0v) is 9.99. The monoisotopic (exact) mass is 229 g/mol. The lowest BCUT2D eigenvalue weighted by Gasteiger charge is -2.12. The van der Waals surface area contributed by atoms with Crippen LogP contribution in [0.5, 0.6) is 0 Å². The van der Waals surface area contributed by atoms with E-state index in [1.165, 1.54) is 0 Å². The van der Waals surface area contributed by atoms with Gasteiger partial charge >= 0.3 is 0 Å². The number of hydrogen-bond acceptors (Lipinski definition) is 0. The molecule has 3 radical (unpaired) electrons. The molecule has 0 fully saturated rings. The van der Waals surface area contributed by atoms with Crippen molar-refractivity contribution < 1.29 is 0 Å². The molecule has 0 heterocycles. The highest BCUT2D eigenvalue weighted by atomic mass is 35.5. The lowest BCUT2D eigenvalue weighted by molar-refractivity contribution is 0.769. The summed E-state index contributed by atoms with van der Waals surface area (Å²) in [7, 11) is 3.64. The molecule has 1 rings (SSSR count). The van der Waals surface area contributed by atoms with Gasteiger partial charge in [-0.25, -0.2) is 0 Å². The minimum atomic E-state index is 0.302. The van der Waals surface area contributed by atoms with Crippen LogP contribution in [0.2, 0.25) is 10.0 Å². The highest BCUT2D eigenvalue weighted by Crippen LogP contribution is 2.31. The molecule has 13 heavy (non-hydrogen) atoms. The molecule has 0 aromatic heterocycles. The fourth-order valence-corrected chi connectivity index (χ4v) is 2.29. The summed E-state index contributed by atoms with van der Waals surface area (Å²) in [6, 6.07) is 5.73. The summed E-state index contributed by atoms with van der Waals surface area (Å²) in [6.07, 6.45) is 2.19. The molecule has 0 aliphatic rings. The first kappa shape index (κ1) is 11.1. The molecule has 69 valence electrons. The van der Waals surface area contributed by atoms with Crippen LogP contribution in [-0.4, -0.2) is 10.2 Å². The fourth-order valence-electron chi connectivity index (χ4n) is 1.23. The molecule has 0 bridgehead atoms. The zero-order valence-electron chi connectivity index (χ0n) is 7.48. The van der Waals surface area contributed by atoms with Crippen LogP contribution < -0.4 is 0 Å². The van der Waals surface area contributed by atoms with Crippen LogP contribution >= 0.6 is 23.2 Å². The van der Waals surface area contributed by atoms with Crippen molar-refractivity contribution >= 4 is 33.4 Å². The normalized spacial score (nSPS) is 12.9. The summed E-state index contributed by atoms with van der Waals surface area (Å²) in [5.74, 6) is 0. The van der Waals surface area contributed by atoms with Crippen LogP contribution in [0.1, 0.15) is 30.9 Å². The van der Waals surface area contributed by atoms with Crippen molar-refractivity contribution in [1.82, 2.24) is 0 Å². The maximum Gasteiger partial charge on any atom is 0.0623 e. The van der Waals surface area contributed by atoms with Crippen LogP contribution in [0.15, 0.2) is 18.2 Å². The molecule has 0 N–H and O–H groups in total. The summed E-state index contributed by atoms with van der Waals surface area (Å²) in [5, 5.41) is 1.29. The van der Waals surface area contributed by atoms with Gasteiger partial charge < -0.3 is 0 Å². The Morgan fingerprint density at radius 1 is 1.38 bits per heavy atom. The molecule has 0 aliphatic heterocycles. The summed E-state index contributed by atoms with van der Waals surface area (Å²) in [5.41, 5.74) is 1.38. The van der Waals surface area contributed by atoms with Crippen LogP contribution in [0.3, 0.4) is 0 Å². The van der Waals surface area contributed by atoms with Gasteiger partial charge in [-0.2, -0.15) is 0 Å². The first-order valence-corrected chi connectivity index (χ1v) is 5.65. The lowest BCUT2D eigenvalue weighted by atomic mass is 10.1. The van der Waals surface area contributed by atoms with E-state index in [1.54, 1.807) is 6.07 Å². The average Bonchev–Trinajstić information content (AvgIpc) is 2.10. The maximum absolute atomic E-state index is 6.06. The second-order valence-corrected chi connectivity index (χ2v) is 4.47. The quantitative estimate of drug-likeness (QED) is 0.688. The van der Waals surface area contributed by atoms with Crippen molar-refractivity contribution in [2.24, 2.45) is 0 Å². The van der Waals surface area contributed by atoms with Gasteiger partial charge in [0.05, 0.1) is 10.0 Å². The molecule has 1 unspecified atom stereocenters. The Labute approximate surface area is 92.7 Å². The van der Waals surface area contributed by atoms with E-state index in [2.05, 4.69) is 17.2 Å². The van der Waals surface area contributed by atoms with Crippen molar-refractivity contribution in [1.29, 1.82) is 0 Å². The molecule has 3 heteroatoms. The zero-order chi connectivity index (χ0) is 9.84. The molecular weight excluding hydrogens is 219 g/mol. The van der Waals surface area contributed by atoms with Crippen molar-refractivity contribution in [2.45, 2.75) is 25.3 Å². The van der Waals surface area contributed by atoms with E-state index in [9.17, 15) is 0 Å². The van der Waals surface area contributed by atoms with Crippen LogP contribution in [0.25, 0.3) is 0 Å². The highest BCUT2D eigenvalue weighted by Gasteiger charge is 2.10. The summed E-state index contributed by atoms with van der Waals surface area (Å²) in [4.78, 5) is 0. The molecule has 1 aromatic rings. The Morgan fingerprint density at radius 2 is 2.08 bits per heavy atom. The van der Waals surface area contributed by atoms with Gasteiger partial charge in [-0.3, -0.25) is 0 Å². The number of halogens is 2. The third kappa shape index (κ3) is 2.73. The first-order chi connectivity index (χ1) is 6.16. The Kier molecular flexibility index (Phi) is 4.30. The van der Waals surface area contributed by atoms with E-state index >= 15 is 0 Å². The fraction of sp³-hybridized carbons (Fsp3) is 0.400. The third-order valence-corrected chi connectivity index (χ3v) is 3.37. The highest BCUT2D eigenvalue weighted by molar-refractivity contribution is 6.42. The largest absolute Gasteiger partial charge is 0.0827 e. The molecule has 1 atom stereocenters. The maximum atomic E-state index is 6.06. The third-order valence-electron chi connectivity index (χ3n) is 1.93. The number of benzene rings is 1. The summed E-state index contributed by atoms with van der Waals surface area (Å²) in [6.45, 7) is 2.14. The van der Waals surface area contributed by atoms with Crippen LogP contribution in [0.4, 0.5) is 0 Å². The standard InChI is InChI=1S/C10H11Cl2Si/c1-2-4-9(13)7-5-3-6-8(11)10(7)12/h3,5-6,9H,2,4H2,1H3. The van der Waals surface area contributed by atoms with Crippen molar-refractivity contribution in [2.75, 3.05) is 0 Å². The Balaban J connectivity index is 2.93. The van der Waals surface area contributed by atoms with Gasteiger partial charge in [0, 0.05) is 10.2 Å². The molecule has 0 spiro atoms. The van der Waals surface area contributed by atoms with Crippen molar-refractivity contribution in [3.8, 4) is 0 Å². The predicted molar refractivity (Wildman–Crippen MR) is 59.9 cm³/mol. The lowest BCUT2D eigenvalue weighted by Crippen LogP contribution is -1.98. The Bertz CT molecular complexity index is 286. The summed E-state index contributed by atoms with van der Waals surface area (Å²) >= 11 is 12.0. The Hall–Kier alpha value is 0.0169. The van der Waals surface area contributed by atoms with E-state index in [0.717, 1.165) is 18.4 Å². The van der Waals surface area contributed by atoms with Gasteiger partial charge in [-0.1, -0.05) is 48.7 Å². The van der Waals surface area contributed by atoms with Gasteiger partial charge in [0.25, 0.3) is 0 Å². The molecule has 0 amide bonds. The smallest absolute Gasteiger partial charge is 0.0623 e. The van der Waals surface area contributed by atoms with E-state index in [0.29, 0.717) is 15.6 Å². The minimum absolute atomic E-state index is 0.302. The van der Waals surface area contributed by atoms with Crippen molar-refractivity contribution in [3.63, 3.8) is 0 Å². The molecular formula is C10H11Cl2Si. The molecule has 0 aliphatic carbocycles. The Morgan fingerprint density at radius 3 is 2.69 bits per heavy atom. The summed E-state index contributed by atoms with van der Waals surface area (Å²) < 4.78 is 0. The van der Waals surface area contributed by atoms with Crippen LogP contribution in [0, 0.1) is 0 Å². The first-order valence-electron chi connectivity index (χ1n) is 4.31. The minimum Gasteiger partial charge on any atom is -0.0827 e. The molecule has 0 nitrogen and oxygen atoms in total. The molecule has 0 saturated carbocycles. The van der Waals surface area contributed by atoms with E-state index in [4.69, 9.17) is 23.2 Å². The molecule has 0 saturated heterocycles. The average molecular weight is 230 g/mol. The van der Waals surface area contributed by atoms with Crippen molar-refractivity contribution in [3.05, 3.63) is 33.8 Å². The number of rotatable bonds is 3. The van der Waals surface area contributed by atoms with E-state index < -0.39 is 0 Å². The molecule has 1 aromatic carbocycles. The van der Waals surface area contributed by atoms with Gasteiger partial charge in [0.1, 0.15) is 0 Å². The van der Waals surface area contributed by atoms with Gasteiger partial charge in [0.2, 0.25) is 0 Å².